The topological polar surface area (TPSA) is 96.5 Å². The quantitative estimate of drug-likeness (QED) is 0.402. The summed E-state index contributed by atoms with van der Waals surface area (Å²) in [6.45, 7) is 3.88. The highest BCUT2D eigenvalue weighted by Gasteiger charge is 2.17. The lowest BCUT2D eigenvalue weighted by Crippen LogP contribution is -2.35. The van der Waals surface area contributed by atoms with Gasteiger partial charge in [-0.2, -0.15) is 0 Å². The van der Waals surface area contributed by atoms with E-state index in [1.807, 2.05) is 24.3 Å². The third-order valence-electron chi connectivity index (χ3n) is 4.27. The Morgan fingerprint density at radius 2 is 1.61 bits per heavy atom. The van der Waals surface area contributed by atoms with E-state index in [-0.39, 0.29) is 10.5 Å². The summed E-state index contributed by atoms with van der Waals surface area (Å²) < 4.78 is 33.9. The van der Waals surface area contributed by atoms with Crippen LogP contribution in [0.25, 0.3) is 5.70 Å². The number of ether oxygens (including phenoxy) is 1. The molecular formula is C22H20BrN3O4S. The smallest absolute Gasteiger partial charge is 0.269 e. The van der Waals surface area contributed by atoms with Crippen molar-refractivity contribution >= 4 is 43.2 Å². The number of hydrazine groups is 1. The Balaban J connectivity index is 1.68. The summed E-state index contributed by atoms with van der Waals surface area (Å²) in [4.78, 5) is 12.5. The van der Waals surface area contributed by atoms with Crippen LogP contribution in [0.1, 0.15) is 15.9 Å². The zero-order chi connectivity index (χ0) is 22.4. The first-order chi connectivity index (χ1) is 14.8. The van der Waals surface area contributed by atoms with Gasteiger partial charge in [0.1, 0.15) is 5.75 Å². The zero-order valence-electron chi connectivity index (χ0n) is 16.6. The van der Waals surface area contributed by atoms with E-state index in [9.17, 15) is 13.2 Å². The molecule has 3 N–H and O–H groups in total. The van der Waals surface area contributed by atoms with Crippen molar-refractivity contribution in [1.82, 2.24) is 10.9 Å². The van der Waals surface area contributed by atoms with Crippen molar-refractivity contribution in [2.45, 2.75) is 4.90 Å². The number of anilines is 1. The second-order valence-electron chi connectivity index (χ2n) is 6.43. The van der Waals surface area contributed by atoms with Gasteiger partial charge < -0.3 is 4.74 Å². The van der Waals surface area contributed by atoms with E-state index in [4.69, 9.17) is 4.74 Å². The molecule has 3 aromatic carbocycles. The molecule has 0 radical (unpaired) electrons. The molecular weight excluding hydrogens is 482 g/mol. The van der Waals surface area contributed by atoms with Crippen LogP contribution in [-0.4, -0.2) is 21.4 Å². The minimum absolute atomic E-state index is 0.0392. The lowest BCUT2D eigenvalue weighted by Gasteiger charge is -2.13. The van der Waals surface area contributed by atoms with Gasteiger partial charge in [0.15, 0.2) is 0 Å². The number of amides is 1. The molecule has 0 aromatic heterocycles. The van der Waals surface area contributed by atoms with E-state index in [1.165, 1.54) is 31.4 Å². The molecule has 0 atom stereocenters. The van der Waals surface area contributed by atoms with Gasteiger partial charge in [0.2, 0.25) is 0 Å². The first kappa shape index (κ1) is 22.4. The van der Waals surface area contributed by atoms with Gasteiger partial charge in [0, 0.05) is 15.7 Å². The maximum Gasteiger partial charge on any atom is 0.269 e. The predicted octanol–water partition coefficient (Wildman–Crippen LogP) is 4.16. The minimum atomic E-state index is -3.88. The number of sulfonamides is 1. The van der Waals surface area contributed by atoms with Crippen LogP contribution < -0.4 is 20.3 Å². The summed E-state index contributed by atoms with van der Waals surface area (Å²) in [7, 11) is -2.35. The molecule has 9 heteroatoms. The Bertz CT molecular complexity index is 1190. The molecule has 0 unspecified atom stereocenters. The number of rotatable bonds is 8. The van der Waals surface area contributed by atoms with Gasteiger partial charge in [0.05, 0.1) is 17.7 Å². The molecule has 0 heterocycles. The van der Waals surface area contributed by atoms with Crippen molar-refractivity contribution in [3.05, 3.63) is 95.0 Å². The van der Waals surface area contributed by atoms with Crippen LogP contribution in [0, 0.1) is 0 Å². The standard InChI is InChI=1S/C22H20BrN3O4S/c1-15(16-6-8-18(23)9-7-16)24-25-22(27)17-4-3-5-21(14-17)31(28,29)26-19-10-12-20(30-2)13-11-19/h3-14,24,26H,1H2,2H3,(H,25,27). The van der Waals surface area contributed by atoms with E-state index in [0.29, 0.717) is 17.1 Å². The lowest BCUT2D eigenvalue weighted by atomic mass is 10.2. The highest BCUT2D eigenvalue weighted by Crippen LogP contribution is 2.20. The Morgan fingerprint density at radius 1 is 0.935 bits per heavy atom. The number of benzene rings is 3. The van der Waals surface area contributed by atoms with Crippen molar-refractivity contribution in [2.75, 3.05) is 11.8 Å². The third kappa shape index (κ3) is 5.87. The minimum Gasteiger partial charge on any atom is -0.497 e. The monoisotopic (exact) mass is 501 g/mol. The van der Waals surface area contributed by atoms with Crippen LogP contribution in [0.4, 0.5) is 5.69 Å². The summed E-state index contributed by atoms with van der Waals surface area (Å²) in [5, 5.41) is 0. The van der Waals surface area contributed by atoms with E-state index in [1.54, 1.807) is 24.3 Å². The average Bonchev–Trinajstić information content (AvgIpc) is 2.78. The average molecular weight is 502 g/mol. The van der Waals surface area contributed by atoms with Gasteiger partial charge in [-0.15, -0.1) is 0 Å². The normalized spacial score (nSPS) is 10.8. The molecule has 0 bridgehead atoms. The number of carbonyl (C=O) groups excluding carboxylic acids is 1. The summed E-state index contributed by atoms with van der Waals surface area (Å²) in [6, 6.07) is 19.6. The molecule has 0 aliphatic heterocycles. The van der Waals surface area contributed by atoms with Crippen molar-refractivity contribution < 1.29 is 17.9 Å². The van der Waals surface area contributed by atoms with Crippen LogP contribution in [0.5, 0.6) is 5.75 Å². The van der Waals surface area contributed by atoms with Gasteiger partial charge >= 0.3 is 0 Å². The molecule has 160 valence electrons. The Morgan fingerprint density at radius 3 is 2.26 bits per heavy atom. The highest BCUT2D eigenvalue weighted by atomic mass is 79.9. The first-order valence-corrected chi connectivity index (χ1v) is 11.3. The van der Waals surface area contributed by atoms with E-state index in [0.717, 1.165) is 10.0 Å². The van der Waals surface area contributed by atoms with E-state index < -0.39 is 15.9 Å². The molecule has 0 saturated heterocycles. The Labute approximate surface area is 189 Å². The molecule has 1 amide bonds. The lowest BCUT2D eigenvalue weighted by molar-refractivity contribution is 0.0942. The fourth-order valence-electron chi connectivity index (χ4n) is 2.61. The molecule has 0 saturated carbocycles. The molecule has 31 heavy (non-hydrogen) atoms. The molecule has 0 aliphatic rings. The number of methoxy groups -OCH3 is 1. The number of carbonyl (C=O) groups is 1. The SMILES string of the molecule is C=C(NNC(=O)c1cccc(S(=O)(=O)Nc2ccc(OC)cc2)c1)c1ccc(Br)cc1. The molecule has 0 spiro atoms. The second-order valence-corrected chi connectivity index (χ2v) is 9.02. The molecule has 0 fully saturated rings. The molecule has 7 nitrogen and oxygen atoms in total. The van der Waals surface area contributed by atoms with E-state index >= 15 is 0 Å². The number of nitrogens with one attached hydrogen (secondary N) is 3. The van der Waals surface area contributed by atoms with Crippen molar-refractivity contribution in [3.63, 3.8) is 0 Å². The molecule has 3 aromatic rings. The van der Waals surface area contributed by atoms with Crippen LogP contribution in [-0.2, 0) is 10.0 Å². The van der Waals surface area contributed by atoms with Gasteiger partial charge in [-0.1, -0.05) is 40.7 Å². The number of hydrogen-bond donors (Lipinski definition) is 3. The highest BCUT2D eigenvalue weighted by molar-refractivity contribution is 9.10. The zero-order valence-corrected chi connectivity index (χ0v) is 19.0. The molecule has 0 aliphatic carbocycles. The largest absolute Gasteiger partial charge is 0.497 e. The van der Waals surface area contributed by atoms with Crippen LogP contribution in [0.2, 0.25) is 0 Å². The number of halogens is 1. The second kappa shape index (κ2) is 9.67. The predicted molar refractivity (Wildman–Crippen MR) is 124 cm³/mol. The van der Waals surface area contributed by atoms with Gasteiger partial charge in [0.25, 0.3) is 15.9 Å². The summed E-state index contributed by atoms with van der Waals surface area (Å²) in [5.74, 6) is 0.110. The van der Waals surface area contributed by atoms with Crippen LogP contribution in [0.15, 0.2) is 88.7 Å². The van der Waals surface area contributed by atoms with Crippen molar-refractivity contribution in [1.29, 1.82) is 0 Å². The van der Waals surface area contributed by atoms with Gasteiger partial charge in [-0.3, -0.25) is 20.4 Å². The maximum absolute atomic E-state index is 12.7. The van der Waals surface area contributed by atoms with Crippen molar-refractivity contribution in [2.24, 2.45) is 0 Å². The maximum atomic E-state index is 12.7. The van der Waals surface area contributed by atoms with Crippen LogP contribution in [0.3, 0.4) is 0 Å². The first-order valence-electron chi connectivity index (χ1n) is 9.06. The van der Waals surface area contributed by atoms with E-state index in [2.05, 4.69) is 38.1 Å². The Kier molecular flexibility index (Phi) is 6.98. The fourth-order valence-corrected chi connectivity index (χ4v) is 3.97. The Hall–Kier alpha value is -3.30. The summed E-state index contributed by atoms with van der Waals surface area (Å²) in [6.07, 6.45) is 0. The van der Waals surface area contributed by atoms with Gasteiger partial charge in [-0.25, -0.2) is 8.42 Å². The third-order valence-corrected chi connectivity index (χ3v) is 6.18. The van der Waals surface area contributed by atoms with Crippen molar-refractivity contribution in [3.8, 4) is 5.75 Å². The fraction of sp³-hybridized carbons (Fsp3) is 0.0455. The molecule has 3 rings (SSSR count). The summed E-state index contributed by atoms with van der Waals surface area (Å²) >= 11 is 3.36. The summed E-state index contributed by atoms with van der Waals surface area (Å²) in [5.41, 5.74) is 7.10. The van der Waals surface area contributed by atoms with Crippen LogP contribution >= 0.6 is 15.9 Å². The number of hydrogen-bond acceptors (Lipinski definition) is 5. The van der Waals surface area contributed by atoms with Gasteiger partial charge in [-0.05, 0) is 60.2 Å².